The molecule has 4 aromatic carbocycles. The van der Waals surface area contributed by atoms with E-state index in [1.807, 2.05) is 166 Å². The predicted molar refractivity (Wildman–Crippen MR) is 368 cm³/mol. The number of aliphatic hydroxyl groups excluding tert-OH is 1. The van der Waals surface area contributed by atoms with Crippen molar-refractivity contribution in [2.75, 3.05) is 42.7 Å². The lowest BCUT2D eigenvalue weighted by molar-refractivity contribution is -0.164. The smallest absolute Gasteiger partial charge is 0.174 e. The SMILES string of the molecule is COC1=CC(OC)(c2c(O)c(C(C)(C)C)cc(C(C)(C)C)c2O)CC(OC)(c2c(O)c(C(C)(C)C)cc(C(C)(C)C)c2O)C1C1=C(O)C(C2C(OC)=CC(OC)(c3c(O)c(C(C)(C)C)cc(C(C)(C)C)c3O)CC2(OC)c2c(O)c(C(C)(C)C)cc(C(C)(C)C)c2O)C1=O. The Labute approximate surface area is 559 Å². The van der Waals surface area contributed by atoms with Crippen LogP contribution in [0.1, 0.15) is 246 Å². The number of ether oxygens (including phenoxy) is 6. The molecule has 16 nitrogen and oxygen atoms in total. The van der Waals surface area contributed by atoms with Gasteiger partial charge in [0.05, 0.1) is 54.2 Å². The normalized spacial score (nSPS) is 24.5. The van der Waals surface area contributed by atoms with E-state index in [-0.39, 0.29) is 62.3 Å². The number of benzene rings is 4. The van der Waals surface area contributed by atoms with Crippen molar-refractivity contribution in [1.82, 2.24) is 0 Å². The molecule has 7 unspecified atom stereocenters. The van der Waals surface area contributed by atoms with Gasteiger partial charge in [-0.15, -0.1) is 0 Å². The molecule has 16 heteroatoms. The number of methoxy groups -OCH3 is 6. The molecule has 0 saturated carbocycles. The lowest BCUT2D eigenvalue weighted by Gasteiger charge is -2.55. The summed E-state index contributed by atoms with van der Waals surface area (Å²) >= 11 is 0. The van der Waals surface area contributed by atoms with Crippen molar-refractivity contribution in [3.05, 3.63) is 126 Å². The molecule has 0 radical (unpaired) electrons. The number of carbonyl (C=O) groups is 1. The molecule has 0 fully saturated rings. The summed E-state index contributed by atoms with van der Waals surface area (Å²) < 4.78 is 40.5. The molecule has 0 aliphatic heterocycles. The summed E-state index contributed by atoms with van der Waals surface area (Å²) in [7, 11) is 8.16. The first kappa shape index (κ1) is 74.8. The first-order valence-electron chi connectivity index (χ1n) is 32.6. The highest BCUT2D eigenvalue weighted by Crippen LogP contribution is 2.69. The fourth-order valence-electron chi connectivity index (χ4n) is 15.1. The fourth-order valence-corrected chi connectivity index (χ4v) is 15.1. The molecular weight excluding hydrogens is 1190 g/mol. The summed E-state index contributed by atoms with van der Waals surface area (Å²) in [6, 6.07) is 7.03. The number of phenolic OH excluding ortho intramolecular Hbond substituents is 8. The number of hydrogen-bond donors (Lipinski definition) is 9. The van der Waals surface area contributed by atoms with Gasteiger partial charge in [-0.05, 0) is 79.7 Å². The van der Waals surface area contributed by atoms with Gasteiger partial charge < -0.3 is 74.4 Å². The zero-order chi connectivity index (χ0) is 72.1. The van der Waals surface area contributed by atoms with E-state index in [1.165, 1.54) is 48.7 Å². The maximum atomic E-state index is 16.9. The highest BCUT2D eigenvalue weighted by atomic mass is 16.5. The Bertz CT molecular complexity index is 3610. The van der Waals surface area contributed by atoms with E-state index in [0.29, 0.717) is 44.5 Å². The molecule has 0 aromatic heterocycles. The minimum atomic E-state index is -2.28. The highest BCUT2D eigenvalue weighted by molar-refractivity contribution is 6.07. The van der Waals surface area contributed by atoms with E-state index < -0.39 is 131 Å². The third kappa shape index (κ3) is 11.8. The van der Waals surface area contributed by atoms with Crippen LogP contribution in [0.25, 0.3) is 0 Å². The van der Waals surface area contributed by atoms with E-state index in [0.717, 1.165) is 0 Å². The summed E-state index contributed by atoms with van der Waals surface area (Å²) in [5.41, 5.74) is -12.2. The van der Waals surface area contributed by atoms with Crippen molar-refractivity contribution >= 4 is 5.78 Å². The second kappa shape index (κ2) is 23.6. The Morgan fingerprint density at radius 2 is 0.574 bits per heavy atom. The van der Waals surface area contributed by atoms with Gasteiger partial charge in [-0.1, -0.05) is 166 Å². The molecule has 520 valence electrons. The topological polar surface area (TPSA) is 255 Å². The molecule has 94 heavy (non-hydrogen) atoms. The van der Waals surface area contributed by atoms with Gasteiger partial charge in [0.2, 0.25) is 0 Å². The van der Waals surface area contributed by atoms with Crippen LogP contribution in [0.15, 0.2) is 59.3 Å². The molecule has 0 spiro atoms. The summed E-state index contributed by atoms with van der Waals surface area (Å²) in [4.78, 5) is 16.9. The third-order valence-electron chi connectivity index (χ3n) is 20.3. The Balaban J connectivity index is 1.76. The van der Waals surface area contributed by atoms with Crippen LogP contribution >= 0.6 is 0 Å². The molecule has 3 aliphatic carbocycles. The number of ketones is 1. The van der Waals surface area contributed by atoms with Gasteiger partial charge in [-0.25, -0.2) is 0 Å². The third-order valence-corrected chi connectivity index (χ3v) is 20.3. The number of Topliss-reactive ketones (excluding diaryl/α,β-unsaturated/α-hetero) is 1. The van der Waals surface area contributed by atoms with E-state index in [4.69, 9.17) is 28.4 Å². The Morgan fingerprint density at radius 3 is 0.798 bits per heavy atom. The fraction of sp³-hybridized carbons (Fsp3) is 0.603. The second-order valence-corrected chi connectivity index (χ2v) is 35.0. The Hall–Kier alpha value is -6.59. The Morgan fingerprint density at radius 1 is 0.340 bits per heavy atom. The lowest BCUT2D eigenvalue weighted by atomic mass is 9.54. The van der Waals surface area contributed by atoms with Gasteiger partial charge in [0, 0.05) is 91.4 Å². The molecule has 3 aliphatic rings. The number of hydrogen-bond acceptors (Lipinski definition) is 16. The van der Waals surface area contributed by atoms with Crippen molar-refractivity contribution < 1.29 is 79.2 Å². The van der Waals surface area contributed by atoms with Crippen LogP contribution in [0.4, 0.5) is 0 Å². The quantitative estimate of drug-likeness (QED) is 0.0639. The summed E-state index contributed by atoms with van der Waals surface area (Å²) in [5, 5.41) is 119. The molecule has 0 saturated heterocycles. The summed E-state index contributed by atoms with van der Waals surface area (Å²) in [6.45, 7) is 46.0. The average Bonchev–Trinajstić information content (AvgIpc) is 0.684. The second-order valence-electron chi connectivity index (χ2n) is 35.0. The van der Waals surface area contributed by atoms with Crippen molar-refractivity contribution in [2.45, 2.75) is 245 Å². The largest absolute Gasteiger partial charge is 0.511 e. The average molecular weight is 1310 g/mol. The molecule has 7 atom stereocenters. The van der Waals surface area contributed by atoms with E-state index >= 15 is 4.79 Å². The van der Waals surface area contributed by atoms with Gasteiger partial charge in [0.15, 0.2) is 5.78 Å². The monoisotopic (exact) mass is 1300 g/mol. The van der Waals surface area contributed by atoms with Crippen LogP contribution < -0.4 is 0 Å². The van der Waals surface area contributed by atoms with Crippen LogP contribution in [-0.4, -0.2) is 94.4 Å². The first-order valence-corrected chi connectivity index (χ1v) is 32.6. The van der Waals surface area contributed by atoms with Crippen molar-refractivity contribution in [1.29, 1.82) is 0 Å². The summed E-state index contributed by atoms with van der Waals surface area (Å²) in [6.07, 6.45) is 2.04. The molecule has 7 rings (SSSR count). The van der Waals surface area contributed by atoms with Crippen molar-refractivity contribution in [3.63, 3.8) is 0 Å². The van der Waals surface area contributed by atoms with Crippen molar-refractivity contribution in [3.8, 4) is 46.0 Å². The minimum Gasteiger partial charge on any atom is -0.511 e. The predicted octanol–water partition coefficient (Wildman–Crippen LogP) is 16.3. The zero-order valence-electron chi connectivity index (χ0n) is 62.0. The van der Waals surface area contributed by atoms with Gasteiger partial charge in [-0.2, -0.15) is 0 Å². The molecule has 9 N–H and O–H groups in total. The van der Waals surface area contributed by atoms with Gasteiger partial charge in [0.1, 0.15) is 85.7 Å². The summed E-state index contributed by atoms with van der Waals surface area (Å²) in [5.74, 6) is -9.31. The number of phenols is 8. The molecule has 4 aromatic rings. The molecule has 0 bridgehead atoms. The molecule has 0 heterocycles. The lowest BCUT2D eigenvalue weighted by Crippen LogP contribution is -2.58. The molecular formula is C78H112O16. The number of aliphatic hydroxyl groups is 1. The van der Waals surface area contributed by atoms with E-state index in [9.17, 15) is 46.0 Å². The first-order chi connectivity index (χ1) is 42.5. The number of carbonyl (C=O) groups excluding carboxylic acids is 1. The number of rotatable bonds is 12. The Kier molecular flexibility index (Phi) is 18.8. The van der Waals surface area contributed by atoms with Gasteiger partial charge in [0.25, 0.3) is 0 Å². The van der Waals surface area contributed by atoms with E-state index in [2.05, 4.69) is 0 Å². The maximum absolute atomic E-state index is 16.9. The minimum absolute atomic E-state index is 0.0841. The van der Waals surface area contributed by atoms with Crippen LogP contribution in [-0.2, 0) is 98.9 Å². The zero-order valence-corrected chi connectivity index (χ0v) is 62.0. The van der Waals surface area contributed by atoms with Crippen LogP contribution in [0.2, 0.25) is 0 Å². The van der Waals surface area contributed by atoms with Gasteiger partial charge >= 0.3 is 0 Å². The highest BCUT2D eigenvalue weighted by Gasteiger charge is 2.69. The molecule has 0 amide bonds. The van der Waals surface area contributed by atoms with E-state index in [1.54, 1.807) is 30.3 Å². The number of allylic oxidation sites excluding steroid dienone is 1. The van der Waals surface area contributed by atoms with Gasteiger partial charge in [-0.3, -0.25) is 4.79 Å². The standard InChI is InChI=1S/C78H112O16/c1-67(2,3)39-31-40(68(4,5)6)58(80)53(57(39)79)75(91-27)35-47(89-25)51(77(37-75,93-29)55-61(83)43(71(13,14)15)33-44(62(55)84)72(16,17)18)49-65(87)50(66(49)88)52-48(90-26)36-76(92-28,54-59(81)41(69(7,8)9)32-42(60(54)82)70(10,11)12)38-78(52,94-30)56-63(85)45(73(19,20)21)34-46(64(56)86)74(22,23)24/h31-36,49,51-52,79-87H,37-38H2,1-30H3. The maximum Gasteiger partial charge on any atom is 0.174 e. The van der Waals surface area contributed by atoms with Crippen LogP contribution in [0.5, 0.6) is 46.0 Å². The van der Waals surface area contributed by atoms with Crippen LogP contribution in [0, 0.1) is 17.8 Å². The number of aromatic hydroxyl groups is 8. The van der Waals surface area contributed by atoms with Crippen molar-refractivity contribution in [2.24, 2.45) is 17.8 Å². The van der Waals surface area contributed by atoms with Crippen LogP contribution in [0.3, 0.4) is 0 Å².